The molecular formula is C24H30N2O2. The van der Waals surface area contributed by atoms with Crippen molar-refractivity contribution in [3.63, 3.8) is 0 Å². The predicted molar refractivity (Wildman–Crippen MR) is 111 cm³/mol. The van der Waals surface area contributed by atoms with Gasteiger partial charge in [-0.1, -0.05) is 36.4 Å². The molecule has 3 atom stereocenters. The topological polar surface area (TPSA) is 32.8 Å². The van der Waals surface area contributed by atoms with E-state index in [1.54, 1.807) is 0 Å². The molecule has 2 saturated heterocycles. The Morgan fingerprint density at radius 1 is 1.07 bits per heavy atom. The van der Waals surface area contributed by atoms with Gasteiger partial charge in [0.1, 0.15) is 5.75 Å². The van der Waals surface area contributed by atoms with E-state index in [0.717, 1.165) is 30.9 Å². The molecule has 0 N–H and O–H groups in total. The quantitative estimate of drug-likeness (QED) is 0.795. The first kappa shape index (κ1) is 19.0. The van der Waals surface area contributed by atoms with Crippen LogP contribution in [-0.2, 0) is 11.2 Å². The van der Waals surface area contributed by atoms with Crippen molar-refractivity contribution in [3.8, 4) is 5.75 Å². The molecule has 0 aliphatic carbocycles. The number of hydrogen-bond acceptors (Lipinski definition) is 3. The summed E-state index contributed by atoms with van der Waals surface area (Å²) in [4.78, 5) is 17.5. The van der Waals surface area contributed by atoms with E-state index in [4.69, 9.17) is 4.74 Å². The molecule has 1 amide bonds. The molecule has 0 radical (unpaired) electrons. The van der Waals surface area contributed by atoms with E-state index >= 15 is 0 Å². The van der Waals surface area contributed by atoms with Crippen LogP contribution in [0.15, 0.2) is 48.5 Å². The molecule has 0 saturated carbocycles. The third-order valence-electron chi connectivity index (χ3n) is 6.34. The van der Waals surface area contributed by atoms with E-state index in [1.807, 2.05) is 31.2 Å². The lowest BCUT2D eigenvalue weighted by Crippen LogP contribution is -2.34. The lowest BCUT2D eigenvalue weighted by Gasteiger charge is -2.28. The predicted octanol–water partition coefficient (Wildman–Crippen LogP) is 3.70. The van der Waals surface area contributed by atoms with Crippen LogP contribution >= 0.6 is 0 Å². The number of rotatable bonds is 5. The molecule has 2 aliphatic rings. The zero-order valence-electron chi connectivity index (χ0n) is 17.1. The highest BCUT2D eigenvalue weighted by Crippen LogP contribution is 2.44. The van der Waals surface area contributed by atoms with Gasteiger partial charge in [-0.3, -0.25) is 9.69 Å². The van der Waals surface area contributed by atoms with Gasteiger partial charge in [-0.15, -0.1) is 0 Å². The standard InChI is InChI=1S/C24H30N2O2/c1-4-28-20-11-9-18(10-12-20)13-23(27)26-15-19-14-25(3)24(22(19)16-26)21-8-6-5-7-17(21)2/h5-12,19,22,24H,4,13-16H2,1-3H3/t19-,22+,24-/m0/s1. The van der Waals surface area contributed by atoms with Crippen molar-refractivity contribution in [2.45, 2.75) is 26.3 Å². The van der Waals surface area contributed by atoms with Crippen LogP contribution in [0, 0.1) is 18.8 Å². The van der Waals surface area contributed by atoms with Gasteiger partial charge in [0.15, 0.2) is 0 Å². The number of amides is 1. The van der Waals surface area contributed by atoms with Gasteiger partial charge in [-0.05, 0) is 55.6 Å². The number of fused-ring (bicyclic) bond motifs is 1. The van der Waals surface area contributed by atoms with Crippen LogP contribution in [0.4, 0.5) is 0 Å². The molecule has 2 heterocycles. The SMILES string of the molecule is CCOc1ccc(CC(=O)N2C[C@@H]3CN(C)[C@@H](c4ccccc4C)[C@@H]3C2)cc1. The van der Waals surface area contributed by atoms with Crippen LogP contribution < -0.4 is 4.74 Å². The van der Waals surface area contributed by atoms with Crippen LogP contribution in [-0.4, -0.2) is 49.0 Å². The van der Waals surface area contributed by atoms with E-state index in [-0.39, 0.29) is 5.91 Å². The third-order valence-corrected chi connectivity index (χ3v) is 6.34. The summed E-state index contributed by atoms with van der Waals surface area (Å²) in [7, 11) is 2.22. The second-order valence-corrected chi connectivity index (χ2v) is 8.22. The molecule has 2 fully saturated rings. The van der Waals surface area contributed by atoms with Crippen molar-refractivity contribution >= 4 is 5.91 Å². The molecule has 4 heteroatoms. The largest absolute Gasteiger partial charge is 0.494 e. The summed E-state index contributed by atoms with van der Waals surface area (Å²) in [5.41, 5.74) is 3.82. The van der Waals surface area contributed by atoms with E-state index in [9.17, 15) is 4.79 Å². The van der Waals surface area contributed by atoms with Crippen molar-refractivity contribution in [2.75, 3.05) is 33.3 Å². The van der Waals surface area contributed by atoms with Gasteiger partial charge in [0.2, 0.25) is 5.91 Å². The molecular weight excluding hydrogens is 348 g/mol. The second-order valence-electron chi connectivity index (χ2n) is 8.22. The number of ether oxygens (including phenoxy) is 1. The Balaban J connectivity index is 1.43. The average molecular weight is 379 g/mol. The Morgan fingerprint density at radius 3 is 2.54 bits per heavy atom. The zero-order chi connectivity index (χ0) is 19.7. The molecule has 148 valence electrons. The summed E-state index contributed by atoms with van der Waals surface area (Å²) < 4.78 is 5.49. The fourth-order valence-corrected chi connectivity index (χ4v) is 5.00. The Hall–Kier alpha value is -2.33. The third kappa shape index (κ3) is 3.66. The molecule has 28 heavy (non-hydrogen) atoms. The molecule has 2 aliphatic heterocycles. The first-order chi connectivity index (χ1) is 13.6. The molecule has 4 rings (SSSR count). The molecule has 2 aromatic carbocycles. The van der Waals surface area contributed by atoms with Gasteiger partial charge in [0.05, 0.1) is 13.0 Å². The lowest BCUT2D eigenvalue weighted by atomic mass is 9.88. The van der Waals surface area contributed by atoms with Gasteiger partial charge in [0, 0.05) is 31.6 Å². The fourth-order valence-electron chi connectivity index (χ4n) is 5.00. The number of aryl methyl sites for hydroxylation is 1. The van der Waals surface area contributed by atoms with Crippen molar-refractivity contribution in [2.24, 2.45) is 11.8 Å². The average Bonchev–Trinajstić information content (AvgIpc) is 3.21. The van der Waals surface area contributed by atoms with Crippen LogP contribution in [0.5, 0.6) is 5.75 Å². The van der Waals surface area contributed by atoms with Crippen molar-refractivity contribution < 1.29 is 9.53 Å². The second kappa shape index (κ2) is 7.96. The minimum atomic E-state index is 0.241. The minimum Gasteiger partial charge on any atom is -0.494 e. The fraction of sp³-hybridized carbons (Fsp3) is 0.458. The van der Waals surface area contributed by atoms with Gasteiger partial charge < -0.3 is 9.64 Å². The lowest BCUT2D eigenvalue weighted by molar-refractivity contribution is -0.129. The van der Waals surface area contributed by atoms with Gasteiger partial charge in [-0.25, -0.2) is 0 Å². The summed E-state index contributed by atoms with van der Waals surface area (Å²) in [6.07, 6.45) is 0.469. The van der Waals surface area contributed by atoms with E-state index < -0.39 is 0 Å². The van der Waals surface area contributed by atoms with Crippen molar-refractivity contribution in [3.05, 3.63) is 65.2 Å². The first-order valence-electron chi connectivity index (χ1n) is 10.3. The number of carbonyl (C=O) groups is 1. The molecule has 0 spiro atoms. The Kier molecular flexibility index (Phi) is 5.40. The normalized spacial score (nSPS) is 24.4. The first-order valence-corrected chi connectivity index (χ1v) is 10.3. The zero-order valence-corrected chi connectivity index (χ0v) is 17.1. The number of hydrogen-bond donors (Lipinski definition) is 0. The summed E-state index contributed by atoms with van der Waals surface area (Å²) in [6.45, 7) is 7.64. The van der Waals surface area contributed by atoms with Crippen LogP contribution in [0.25, 0.3) is 0 Å². The van der Waals surface area contributed by atoms with Crippen LogP contribution in [0.2, 0.25) is 0 Å². The minimum absolute atomic E-state index is 0.241. The summed E-state index contributed by atoms with van der Waals surface area (Å²) in [5, 5.41) is 0. The van der Waals surface area contributed by atoms with Crippen molar-refractivity contribution in [1.82, 2.24) is 9.80 Å². The van der Waals surface area contributed by atoms with E-state index in [1.165, 1.54) is 11.1 Å². The monoisotopic (exact) mass is 378 g/mol. The van der Waals surface area contributed by atoms with Crippen LogP contribution in [0.3, 0.4) is 0 Å². The Morgan fingerprint density at radius 2 is 1.82 bits per heavy atom. The van der Waals surface area contributed by atoms with Gasteiger partial charge >= 0.3 is 0 Å². The maximum absolute atomic E-state index is 12.9. The number of nitrogens with zero attached hydrogens (tertiary/aromatic N) is 2. The number of carbonyl (C=O) groups excluding carboxylic acids is 1. The van der Waals surface area contributed by atoms with E-state index in [0.29, 0.717) is 30.9 Å². The van der Waals surface area contributed by atoms with Gasteiger partial charge in [-0.2, -0.15) is 0 Å². The summed E-state index contributed by atoms with van der Waals surface area (Å²) >= 11 is 0. The summed E-state index contributed by atoms with van der Waals surface area (Å²) in [6, 6.07) is 17.0. The van der Waals surface area contributed by atoms with Crippen molar-refractivity contribution in [1.29, 1.82) is 0 Å². The highest BCUT2D eigenvalue weighted by atomic mass is 16.5. The molecule has 0 bridgehead atoms. The smallest absolute Gasteiger partial charge is 0.227 e. The molecule has 2 aromatic rings. The Labute approximate surface area is 168 Å². The maximum Gasteiger partial charge on any atom is 0.227 e. The summed E-state index contributed by atoms with van der Waals surface area (Å²) in [5.74, 6) is 2.19. The Bertz CT molecular complexity index is 833. The van der Waals surface area contributed by atoms with Crippen LogP contribution in [0.1, 0.15) is 29.7 Å². The maximum atomic E-state index is 12.9. The molecule has 0 aromatic heterocycles. The highest BCUT2D eigenvalue weighted by molar-refractivity contribution is 5.79. The molecule has 0 unspecified atom stereocenters. The number of benzene rings is 2. The molecule has 4 nitrogen and oxygen atoms in total. The number of likely N-dealkylation sites (tertiary alicyclic amines) is 2. The van der Waals surface area contributed by atoms with E-state index in [2.05, 4.69) is 48.0 Å². The highest BCUT2D eigenvalue weighted by Gasteiger charge is 2.47. The van der Waals surface area contributed by atoms with Gasteiger partial charge in [0.25, 0.3) is 0 Å².